The van der Waals surface area contributed by atoms with Crippen LogP contribution in [0.4, 0.5) is 4.39 Å². The monoisotopic (exact) mass is 317 g/mol. The molecule has 23 heavy (non-hydrogen) atoms. The number of halogens is 1. The second kappa shape index (κ2) is 6.37. The fourth-order valence-corrected chi connectivity index (χ4v) is 2.88. The normalized spacial score (nSPS) is 19.9. The minimum absolute atomic E-state index is 0.0728. The van der Waals surface area contributed by atoms with E-state index in [4.69, 9.17) is 0 Å². The molecule has 1 aliphatic heterocycles. The number of rotatable bonds is 3. The first kappa shape index (κ1) is 16.1. The van der Waals surface area contributed by atoms with Crippen molar-refractivity contribution in [1.82, 2.24) is 25.2 Å². The Morgan fingerprint density at radius 3 is 2.87 bits per heavy atom. The lowest BCUT2D eigenvalue weighted by Crippen LogP contribution is -2.45. The predicted molar refractivity (Wildman–Crippen MR) is 87.4 cm³/mol. The summed E-state index contributed by atoms with van der Waals surface area (Å²) >= 11 is 0. The van der Waals surface area contributed by atoms with Crippen LogP contribution < -0.4 is 5.32 Å². The van der Waals surface area contributed by atoms with E-state index in [9.17, 15) is 4.39 Å². The average Bonchev–Trinajstić information content (AvgIpc) is 2.96. The molecule has 1 aromatic carbocycles. The highest BCUT2D eigenvalue weighted by molar-refractivity contribution is 5.21. The van der Waals surface area contributed by atoms with Gasteiger partial charge in [-0.3, -0.25) is 4.90 Å². The van der Waals surface area contributed by atoms with Gasteiger partial charge in [-0.2, -0.15) is 0 Å². The van der Waals surface area contributed by atoms with Crippen molar-refractivity contribution >= 4 is 0 Å². The lowest BCUT2D eigenvalue weighted by molar-refractivity contribution is 0.151. The molecule has 124 valence electrons. The van der Waals surface area contributed by atoms with E-state index in [0.717, 1.165) is 37.4 Å². The molecule has 1 atom stereocenters. The van der Waals surface area contributed by atoms with E-state index in [0.29, 0.717) is 0 Å². The van der Waals surface area contributed by atoms with Crippen LogP contribution in [0, 0.1) is 5.82 Å². The molecule has 5 nitrogen and oxygen atoms in total. The van der Waals surface area contributed by atoms with Crippen molar-refractivity contribution in [2.75, 3.05) is 19.6 Å². The highest BCUT2D eigenvalue weighted by atomic mass is 19.1. The molecule has 1 aliphatic rings. The van der Waals surface area contributed by atoms with Gasteiger partial charge in [0.05, 0.1) is 17.4 Å². The molecule has 1 fully saturated rings. The molecular formula is C17H24FN5. The summed E-state index contributed by atoms with van der Waals surface area (Å²) in [5, 5.41) is 11.9. The molecule has 1 unspecified atom stereocenters. The molecule has 1 N–H and O–H groups in total. The van der Waals surface area contributed by atoms with Crippen LogP contribution in [0.5, 0.6) is 0 Å². The van der Waals surface area contributed by atoms with E-state index < -0.39 is 0 Å². The Hall–Kier alpha value is -1.79. The van der Waals surface area contributed by atoms with Crippen molar-refractivity contribution in [3.63, 3.8) is 0 Å². The molecule has 1 aromatic heterocycles. The fourth-order valence-electron chi connectivity index (χ4n) is 2.88. The van der Waals surface area contributed by atoms with Crippen molar-refractivity contribution < 1.29 is 4.39 Å². The van der Waals surface area contributed by atoms with Gasteiger partial charge in [-0.15, -0.1) is 5.10 Å². The van der Waals surface area contributed by atoms with Gasteiger partial charge in [0.1, 0.15) is 5.82 Å². The lowest BCUT2D eigenvalue weighted by atomic mass is 10.0. The predicted octanol–water partition coefficient (Wildman–Crippen LogP) is 2.32. The number of hydrogen-bond acceptors (Lipinski definition) is 4. The first-order valence-electron chi connectivity index (χ1n) is 8.05. The number of benzene rings is 1. The zero-order valence-corrected chi connectivity index (χ0v) is 14.0. The van der Waals surface area contributed by atoms with Crippen molar-refractivity contribution in [1.29, 1.82) is 0 Å². The Labute approximate surface area is 136 Å². The van der Waals surface area contributed by atoms with Crippen LogP contribution in [0.2, 0.25) is 0 Å². The summed E-state index contributed by atoms with van der Waals surface area (Å²) in [4.78, 5) is 2.34. The molecule has 1 saturated heterocycles. The number of piperazine rings is 1. The standard InChI is InChI=1S/C17H24FN5/c1-17(2,3)23-12-15(20-21-23)11-22-8-7-19-10-16(22)13-5-4-6-14(18)9-13/h4-6,9,12,16,19H,7-8,10-11H2,1-3H3. The quantitative estimate of drug-likeness (QED) is 0.944. The van der Waals surface area contributed by atoms with E-state index in [-0.39, 0.29) is 17.4 Å². The first-order chi connectivity index (χ1) is 10.9. The Kier molecular flexibility index (Phi) is 4.46. The minimum Gasteiger partial charge on any atom is -0.314 e. The van der Waals surface area contributed by atoms with Crippen LogP contribution >= 0.6 is 0 Å². The Morgan fingerprint density at radius 1 is 1.35 bits per heavy atom. The third kappa shape index (κ3) is 3.76. The van der Waals surface area contributed by atoms with Gasteiger partial charge in [0.25, 0.3) is 0 Å². The molecule has 3 rings (SSSR count). The maximum Gasteiger partial charge on any atom is 0.123 e. The number of nitrogens with one attached hydrogen (secondary N) is 1. The Bertz CT molecular complexity index is 661. The highest BCUT2D eigenvalue weighted by Gasteiger charge is 2.25. The van der Waals surface area contributed by atoms with Gasteiger partial charge < -0.3 is 5.32 Å². The lowest BCUT2D eigenvalue weighted by Gasteiger charge is -2.36. The van der Waals surface area contributed by atoms with Crippen LogP contribution in [-0.2, 0) is 12.1 Å². The Balaban J connectivity index is 1.78. The SMILES string of the molecule is CC(C)(C)n1cc(CN2CCNCC2c2cccc(F)c2)nn1. The molecular weight excluding hydrogens is 293 g/mol. The van der Waals surface area contributed by atoms with Gasteiger partial charge in [0.2, 0.25) is 0 Å². The zero-order chi connectivity index (χ0) is 16.4. The largest absolute Gasteiger partial charge is 0.314 e. The molecule has 0 bridgehead atoms. The molecule has 0 spiro atoms. The number of nitrogens with zero attached hydrogens (tertiary/aromatic N) is 4. The molecule has 0 aliphatic carbocycles. The summed E-state index contributed by atoms with van der Waals surface area (Å²) in [6.07, 6.45) is 2.00. The zero-order valence-electron chi connectivity index (χ0n) is 14.0. The molecule has 0 radical (unpaired) electrons. The van der Waals surface area contributed by atoms with Crippen molar-refractivity contribution in [3.8, 4) is 0 Å². The fraction of sp³-hybridized carbons (Fsp3) is 0.529. The maximum absolute atomic E-state index is 13.5. The molecule has 2 heterocycles. The van der Waals surface area contributed by atoms with Crippen molar-refractivity contribution in [2.24, 2.45) is 0 Å². The summed E-state index contributed by atoms with van der Waals surface area (Å²) < 4.78 is 15.4. The van der Waals surface area contributed by atoms with Crippen LogP contribution in [0.1, 0.15) is 38.1 Å². The highest BCUT2D eigenvalue weighted by Crippen LogP contribution is 2.24. The minimum atomic E-state index is -0.188. The van der Waals surface area contributed by atoms with Gasteiger partial charge >= 0.3 is 0 Å². The topological polar surface area (TPSA) is 46.0 Å². The van der Waals surface area contributed by atoms with E-state index in [2.05, 4.69) is 41.3 Å². The van der Waals surface area contributed by atoms with Crippen LogP contribution in [0.25, 0.3) is 0 Å². The summed E-state index contributed by atoms with van der Waals surface area (Å²) in [6, 6.07) is 7.02. The van der Waals surface area contributed by atoms with Crippen LogP contribution in [0.15, 0.2) is 30.5 Å². The van der Waals surface area contributed by atoms with Crippen molar-refractivity contribution in [3.05, 3.63) is 47.5 Å². The van der Waals surface area contributed by atoms with E-state index >= 15 is 0 Å². The smallest absolute Gasteiger partial charge is 0.123 e. The molecule has 2 aromatic rings. The maximum atomic E-state index is 13.5. The second-order valence-electron chi connectivity index (χ2n) is 7.07. The van der Waals surface area contributed by atoms with E-state index in [1.54, 1.807) is 12.1 Å². The van der Waals surface area contributed by atoms with Crippen LogP contribution in [0.3, 0.4) is 0 Å². The Morgan fingerprint density at radius 2 is 2.17 bits per heavy atom. The summed E-state index contributed by atoms with van der Waals surface area (Å²) in [5.41, 5.74) is 1.88. The van der Waals surface area contributed by atoms with Gasteiger partial charge in [-0.05, 0) is 38.5 Å². The molecule has 0 saturated carbocycles. The molecule has 6 heteroatoms. The molecule has 0 amide bonds. The first-order valence-corrected chi connectivity index (χ1v) is 8.05. The van der Waals surface area contributed by atoms with E-state index in [1.807, 2.05) is 16.9 Å². The third-order valence-electron chi connectivity index (χ3n) is 4.18. The number of aromatic nitrogens is 3. The summed E-state index contributed by atoms with van der Waals surface area (Å²) in [6.45, 7) is 9.68. The second-order valence-corrected chi connectivity index (χ2v) is 7.07. The third-order valence-corrected chi connectivity index (χ3v) is 4.18. The van der Waals surface area contributed by atoms with E-state index in [1.165, 1.54) is 6.07 Å². The van der Waals surface area contributed by atoms with Gasteiger partial charge in [0, 0.05) is 32.2 Å². The summed E-state index contributed by atoms with van der Waals surface area (Å²) in [5.74, 6) is -0.188. The van der Waals surface area contributed by atoms with Gasteiger partial charge in [-0.1, -0.05) is 17.3 Å². The van der Waals surface area contributed by atoms with Gasteiger partial charge in [-0.25, -0.2) is 9.07 Å². The number of hydrogen-bond donors (Lipinski definition) is 1. The van der Waals surface area contributed by atoms with Crippen molar-refractivity contribution in [2.45, 2.75) is 38.9 Å². The summed E-state index contributed by atoms with van der Waals surface area (Å²) in [7, 11) is 0. The van der Waals surface area contributed by atoms with Crippen LogP contribution in [-0.4, -0.2) is 39.5 Å². The average molecular weight is 317 g/mol. The van der Waals surface area contributed by atoms with Gasteiger partial charge in [0.15, 0.2) is 0 Å².